The molecule has 156 valence electrons. The van der Waals surface area contributed by atoms with Gasteiger partial charge in [0.1, 0.15) is 10.6 Å². The minimum atomic E-state index is -3.77. The first-order valence-corrected chi connectivity index (χ1v) is 10.1. The first kappa shape index (κ1) is 22.2. The van der Waals surface area contributed by atoms with Gasteiger partial charge in [0.25, 0.3) is 5.91 Å². The Hall–Kier alpha value is -3.11. The van der Waals surface area contributed by atoms with Crippen LogP contribution in [-0.2, 0) is 14.8 Å². The number of hydrogen-bond donors (Lipinski definition) is 2. The minimum absolute atomic E-state index is 0.0690. The van der Waals surface area contributed by atoms with Gasteiger partial charge in [-0.25, -0.2) is 17.5 Å². The number of hydrogen-bond acceptors (Lipinski definition) is 6. The third-order valence-electron chi connectivity index (χ3n) is 3.83. The van der Waals surface area contributed by atoms with Crippen LogP contribution in [0.4, 0.5) is 16.2 Å². The normalized spacial score (nSPS) is 11.1. The Bertz CT molecular complexity index is 1000. The lowest BCUT2D eigenvalue weighted by Gasteiger charge is -2.16. The first-order chi connectivity index (χ1) is 13.7. The van der Waals surface area contributed by atoms with Crippen LogP contribution in [0.2, 0.25) is 0 Å². The molecule has 0 heterocycles. The van der Waals surface area contributed by atoms with Crippen LogP contribution in [0.3, 0.4) is 0 Å². The molecule has 9 nitrogen and oxygen atoms in total. The van der Waals surface area contributed by atoms with E-state index in [9.17, 15) is 18.0 Å². The third-order valence-corrected chi connectivity index (χ3v) is 5.66. The van der Waals surface area contributed by atoms with Crippen molar-refractivity contribution in [1.82, 2.24) is 4.31 Å². The van der Waals surface area contributed by atoms with Crippen molar-refractivity contribution in [3.8, 4) is 5.75 Å². The van der Waals surface area contributed by atoms with Gasteiger partial charge < -0.3 is 14.8 Å². The molecule has 0 unspecified atom stereocenters. The smallest absolute Gasteiger partial charge is 0.411 e. The second-order valence-corrected chi connectivity index (χ2v) is 8.15. The molecule has 0 bridgehead atoms. The van der Waals surface area contributed by atoms with E-state index in [1.165, 1.54) is 45.5 Å². The van der Waals surface area contributed by atoms with E-state index in [2.05, 4.69) is 10.6 Å². The fourth-order valence-electron chi connectivity index (χ4n) is 2.38. The molecule has 0 atom stereocenters. The van der Waals surface area contributed by atoms with Crippen LogP contribution in [0.15, 0.2) is 47.4 Å². The van der Waals surface area contributed by atoms with E-state index in [1.807, 2.05) is 0 Å². The van der Waals surface area contributed by atoms with Crippen LogP contribution in [-0.4, -0.2) is 52.5 Å². The third kappa shape index (κ3) is 5.46. The van der Waals surface area contributed by atoms with E-state index in [0.29, 0.717) is 5.69 Å². The van der Waals surface area contributed by atoms with E-state index >= 15 is 0 Å². The zero-order valence-electron chi connectivity index (χ0n) is 16.6. The van der Waals surface area contributed by atoms with Gasteiger partial charge >= 0.3 is 6.09 Å². The van der Waals surface area contributed by atoms with Crippen LogP contribution in [0.25, 0.3) is 0 Å². The fourth-order valence-corrected chi connectivity index (χ4v) is 3.45. The van der Waals surface area contributed by atoms with Gasteiger partial charge in [0.2, 0.25) is 10.0 Å². The molecule has 0 aliphatic carbocycles. The summed E-state index contributed by atoms with van der Waals surface area (Å²) < 4.78 is 36.0. The number of nitrogens with zero attached hydrogens (tertiary/aromatic N) is 1. The molecule has 2 amide bonds. The number of benzene rings is 2. The predicted molar refractivity (Wildman–Crippen MR) is 109 cm³/mol. The fraction of sp³-hybridized carbons (Fsp3) is 0.263. The zero-order chi connectivity index (χ0) is 21.6. The van der Waals surface area contributed by atoms with E-state index in [0.717, 1.165) is 4.31 Å². The van der Waals surface area contributed by atoms with Gasteiger partial charge in [-0.05, 0) is 43.3 Å². The lowest BCUT2D eigenvalue weighted by Crippen LogP contribution is -2.23. The average molecular weight is 421 g/mol. The second-order valence-electron chi connectivity index (χ2n) is 6.03. The number of sulfonamides is 1. The molecule has 0 aromatic heterocycles. The Morgan fingerprint density at radius 2 is 1.72 bits per heavy atom. The van der Waals surface area contributed by atoms with Crippen molar-refractivity contribution in [2.24, 2.45) is 0 Å². The number of amides is 2. The SMILES string of the molecule is CCOC(=O)Nc1cccc(C(=O)Nc2ccc(OC)c(S(=O)(=O)N(C)C)c2)c1. The van der Waals surface area contributed by atoms with Crippen molar-refractivity contribution in [3.05, 3.63) is 48.0 Å². The molecule has 2 rings (SSSR count). The highest BCUT2D eigenvalue weighted by atomic mass is 32.2. The van der Waals surface area contributed by atoms with E-state index < -0.39 is 22.0 Å². The Morgan fingerprint density at radius 1 is 1.03 bits per heavy atom. The summed E-state index contributed by atoms with van der Waals surface area (Å²) in [5, 5.41) is 5.16. The van der Waals surface area contributed by atoms with Gasteiger partial charge in [0.05, 0.1) is 13.7 Å². The topological polar surface area (TPSA) is 114 Å². The molecule has 2 aromatic rings. The summed E-state index contributed by atoms with van der Waals surface area (Å²) in [6.07, 6.45) is -0.626. The van der Waals surface area contributed by atoms with Crippen molar-refractivity contribution in [1.29, 1.82) is 0 Å². The lowest BCUT2D eigenvalue weighted by molar-refractivity contribution is 0.102. The maximum Gasteiger partial charge on any atom is 0.411 e. The Labute approximate surface area is 169 Å². The van der Waals surface area contributed by atoms with Gasteiger partial charge in [0.15, 0.2) is 0 Å². The molecule has 0 spiro atoms. The summed E-state index contributed by atoms with van der Waals surface area (Å²) >= 11 is 0. The molecule has 29 heavy (non-hydrogen) atoms. The highest BCUT2D eigenvalue weighted by molar-refractivity contribution is 7.89. The van der Waals surface area contributed by atoms with Crippen molar-refractivity contribution in [3.63, 3.8) is 0 Å². The Balaban J connectivity index is 2.26. The largest absolute Gasteiger partial charge is 0.495 e. The Kier molecular flexibility index (Phi) is 7.18. The van der Waals surface area contributed by atoms with Gasteiger partial charge in [-0.2, -0.15) is 0 Å². The summed E-state index contributed by atoms with van der Waals surface area (Å²) in [4.78, 5) is 24.0. The summed E-state index contributed by atoms with van der Waals surface area (Å²) in [6, 6.07) is 10.6. The zero-order valence-corrected chi connectivity index (χ0v) is 17.4. The summed E-state index contributed by atoms with van der Waals surface area (Å²) in [5.74, 6) is -0.312. The molecule has 0 fully saturated rings. The van der Waals surface area contributed by atoms with Gasteiger partial charge in [-0.1, -0.05) is 6.07 Å². The number of methoxy groups -OCH3 is 1. The molecule has 0 saturated carbocycles. The lowest BCUT2D eigenvalue weighted by atomic mass is 10.2. The maximum absolute atomic E-state index is 12.6. The van der Waals surface area contributed by atoms with E-state index in [4.69, 9.17) is 9.47 Å². The van der Waals surface area contributed by atoms with Gasteiger partial charge in [-0.15, -0.1) is 0 Å². The van der Waals surface area contributed by atoms with Crippen LogP contribution in [0.1, 0.15) is 17.3 Å². The molecule has 0 aliphatic heterocycles. The Morgan fingerprint density at radius 3 is 2.34 bits per heavy atom. The maximum atomic E-state index is 12.6. The first-order valence-electron chi connectivity index (χ1n) is 8.64. The van der Waals surface area contributed by atoms with E-state index in [-0.39, 0.29) is 28.5 Å². The molecular weight excluding hydrogens is 398 g/mol. The number of anilines is 2. The average Bonchev–Trinajstić information content (AvgIpc) is 2.68. The van der Waals surface area contributed by atoms with Crippen LogP contribution < -0.4 is 15.4 Å². The number of carbonyl (C=O) groups is 2. The molecular formula is C19H23N3O6S. The summed E-state index contributed by atoms with van der Waals surface area (Å²) in [5.41, 5.74) is 0.939. The monoisotopic (exact) mass is 421 g/mol. The van der Waals surface area contributed by atoms with Crippen molar-refractivity contribution >= 4 is 33.4 Å². The second kappa shape index (κ2) is 9.39. The summed E-state index contributed by atoms with van der Waals surface area (Å²) in [6.45, 7) is 1.91. The van der Waals surface area contributed by atoms with Crippen molar-refractivity contribution in [2.75, 3.05) is 38.4 Å². The number of ether oxygens (including phenoxy) is 2. The highest BCUT2D eigenvalue weighted by Gasteiger charge is 2.23. The van der Waals surface area contributed by atoms with Crippen LogP contribution in [0.5, 0.6) is 5.75 Å². The summed E-state index contributed by atoms with van der Waals surface area (Å²) in [7, 11) is 0.402. The predicted octanol–water partition coefficient (Wildman–Crippen LogP) is 2.77. The molecule has 0 radical (unpaired) electrons. The van der Waals surface area contributed by atoms with E-state index in [1.54, 1.807) is 25.1 Å². The molecule has 0 saturated heterocycles. The molecule has 0 aliphatic rings. The van der Waals surface area contributed by atoms with Gasteiger partial charge in [-0.3, -0.25) is 10.1 Å². The number of rotatable bonds is 7. The number of carbonyl (C=O) groups excluding carboxylic acids is 2. The standard InChI is InChI=1S/C19H23N3O6S/c1-5-28-19(24)21-14-8-6-7-13(11-14)18(23)20-15-9-10-16(27-4)17(12-15)29(25,26)22(2)3/h6-12H,5H2,1-4H3,(H,20,23)(H,21,24). The molecule has 2 N–H and O–H groups in total. The van der Waals surface area contributed by atoms with Crippen LogP contribution in [0, 0.1) is 0 Å². The molecule has 2 aromatic carbocycles. The highest BCUT2D eigenvalue weighted by Crippen LogP contribution is 2.29. The minimum Gasteiger partial charge on any atom is -0.495 e. The van der Waals surface area contributed by atoms with Crippen molar-refractivity contribution in [2.45, 2.75) is 11.8 Å². The number of nitrogens with one attached hydrogen (secondary N) is 2. The van der Waals surface area contributed by atoms with Crippen molar-refractivity contribution < 1.29 is 27.5 Å². The van der Waals surface area contributed by atoms with Crippen LogP contribution >= 0.6 is 0 Å². The van der Waals surface area contributed by atoms with Gasteiger partial charge in [0, 0.05) is 31.0 Å². The molecule has 10 heteroatoms. The quantitative estimate of drug-likeness (QED) is 0.711.